The van der Waals surface area contributed by atoms with Crippen LogP contribution in [0.3, 0.4) is 0 Å². The molecule has 1 atom stereocenters. The lowest BCUT2D eigenvalue weighted by Crippen LogP contribution is -2.30. The zero-order valence-corrected chi connectivity index (χ0v) is 39.9. The summed E-state index contributed by atoms with van der Waals surface area (Å²) < 4.78 is 16.7. The number of allylic oxidation sites excluding steroid dienone is 12. The number of rotatable bonds is 45. The molecule has 0 aromatic rings. The number of unbranched alkanes of at least 4 members (excludes halogenated alkanes) is 25. The second-order valence-electron chi connectivity index (χ2n) is 16.8. The summed E-state index contributed by atoms with van der Waals surface area (Å²) in [5.74, 6) is -0.955. The highest BCUT2D eigenvalue weighted by Gasteiger charge is 2.19. The van der Waals surface area contributed by atoms with Crippen molar-refractivity contribution in [3.8, 4) is 0 Å². The summed E-state index contributed by atoms with van der Waals surface area (Å²) in [6, 6.07) is 0. The first-order valence-electron chi connectivity index (χ1n) is 25.5. The number of hydrogen-bond donors (Lipinski definition) is 0. The van der Waals surface area contributed by atoms with Crippen LogP contribution < -0.4 is 0 Å². The molecular formula is C55H94O6. The highest BCUT2D eigenvalue weighted by atomic mass is 16.6. The standard InChI is InChI=1S/C55H94O6/c1-4-7-10-13-16-19-22-25-26-27-28-29-31-33-36-39-42-45-48-54(57)60-51-52(50-59-53(56)47-44-41-38-35-32-24-21-18-15-12-9-6-3)61-55(58)49-46-43-40-37-34-30-23-20-17-14-11-8-5-2/h8,11,14,17-18,20-21,23,28-30,34,52H,4-7,9-10,12-13,15-16,19,22,24-27,31-33,35-51H2,1-3H3/b11-8-,17-14-,21-18-,23-20-,29-28-,34-30-. The number of hydrogen-bond acceptors (Lipinski definition) is 6. The monoisotopic (exact) mass is 851 g/mol. The molecule has 61 heavy (non-hydrogen) atoms. The molecule has 0 radical (unpaired) electrons. The van der Waals surface area contributed by atoms with E-state index >= 15 is 0 Å². The van der Waals surface area contributed by atoms with E-state index in [4.69, 9.17) is 14.2 Å². The van der Waals surface area contributed by atoms with Crippen LogP contribution in [0.4, 0.5) is 0 Å². The zero-order valence-electron chi connectivity index (χ0n) is 39.9. The summed E-state index contributed by atoms with van der Waals surface area (Å²) in [5, 5.41) is 0. The molecule has 1 unspecified atom stereocenters. The van der Waals surface area contributed by atoms with Crippen molar-refractivity contribution >= 4 is 17.9 Å². The van der Waals surface area contributed by atoms with E-state index in [1.165, 1.54) is 109 Å². The van der Waals surface area contributed by atoms with Crippen molar-refractivity contribution < 1.29 is 28.6 Å². The van der Waals surface area contributed by atoms with Crippen LogP contribution in [0.1, 0.15) is 239 Å². The highest BCUT2D eigenvalue weighted by Crippen LogP contribution is 2.14. The minimum Gasteiger partial charge on any atom is -0.462 e. The van der Waals surface area contributed by atoms with E-state index < -0.39 is 6.10 Å². The van der Waals surface area contributed by atoms with E-state index in [1.54, 1.807) is 0 Å². The third-order valence-electron chi connectivity index (χ3n) is 10.8. The van der Waals surface area contributed by atoms with E-state index in [0.717, 1.165) is 83.5 Å². The minimum atomic E-state index is -0.801. The van der Waals surface area contributed by atoms with Crippen LogP contribution in [-0.4, -0.2) is 37.2 Å². The SMILES string of the molecule is CC\C=C/C=C\C=C/C=C\CCCCCC(=O)OC(COC(=O)CCCCCCC/C=C\CCCCC)COC(=O)CCCCCCC/C=C\CCCCCCCCCCC. The summed E-state index contributed by atoms with van der Waals surface area (Å²) >= 11 is 0. The Morgan fingerprint density at radius 1 is 0.344 bits per heavy atom. The number of esters is 3. The first-order valence-corrected chi connectivity index (χ1v) is 25.5. The average molecular weight is 851 g/mol. The number of carbonyl (C=O) groups excluding carboxylic acids is 3. The molecular weight excluding hydrogens is 757 g/mol. The van der Waals surface area contributed by atoms with Crippen LogP contribution >= 0.6 is 0 Å². The van der Waals surface area contributed by atoms with Gasteiger partial charge in [0.2, 0.25) is 0 Å². The van der Waals surface area contributed by atoms with Gasteiger partial charge in [0.1, 0.15) is 13.2 Å². The highest BCUT2D eigenvalue weighted by molar-refractivity contribution is 5.71. The quantitative estimate of drug-likeness (QED) is 0.0200. The van der Waals surface area contributed by atoms with Gasteiger partial charge in [0.05, 0.1) is 0 Å². The molecule has 0 aliphatic rings. The van der Waals surface area contributed by atoms with Crippen LogP contribution in [0.2, 0.25) is 0 Å². The predicted molar refractivity (Wildman–Crippen MR) is 261 cm³/mol. The molecule has 0 saturated carbocycles. The normalized spacial score (nSPS) is 12.6. The molecule has 0 N–H and O–H groups in total. The van der Waals surface area contributed by atoms with Crippen molar-refractivity contribution in [3.63, 3.8) is 0 Å². The van der Waals surface area contributed by atoms with Crippen LogP contribution in [0.25, 0.3) is 0 Å². The van der Waals surface area contributed by atoms with E-state index in [9.17, 15) is 14.4 Å². The van der Waals surface area contributed by atoms with Gasteiger partial charge >= 0.3 is 17.9 Å². The molecule has 0 saturated heterocycles. The molecule has 0 rings (SSSR count). The molecule has 0 bridgehead atoms. The minimum absolute atomic E-state index is 0.0985. The lowest BCUT2D eigenvalue weighted by Gasteiger charge is -2.18. The molecule has 0 fully saturated rings. The molecule has 0 aromatic carbocycles. The first kappa shape index (κ1) is 57.9. The van der Waals surface area contributed by atoms with Crippen molar-refractivity contribution in [2.24, 2.45) is 0 Å². The van der Waals surface area contributed by atoms with Crippen LogP contribution in [-0.2, 0) is 28.6 Å². The number of carbonyl (C=O) groups is 3. The van der Waals surface area contributed by atoms with Crippen molar-refractivity contribution in [2.45, 2.75) is 245 Å². The maximum absolute atomic E-state index is 12.7. The smallest absolute Gasteiger partial charge is 0.306 e. The number of ether oxygens (including phenoxy) is 3. The van der Waals surface area contributed by atoms with Gasteiger partial charge in [-0.1, -0.05) is 203 Å². The summed E-state index contributed by atoms with van der Waals surface area (Å²) in [6.45, 7) is 6.42. The van der Waals surface area contributed by atoms with Gasteiger partial charge in [0.25, 0.3) is 0 Å². The molecule has 0 spiro atoms. The van der Waals surface area contributed by atoms with Crippen LogP contribution in [0.15, 0.2) is 72.9 Å². The van der Waals surface area contributed by atoms with Gasteiger partial charge in [-0.3, -0.25) is 14.4 Å². The van der Waals surface area contributed by atoms with E-state index in [2.05, 4.69) is 57.2 Å². The Kier molecular flexibility index (Phi) is 46.9. The van der Waals surface area contributed by atoms with Crippen molar-refractivity contribution in [3.05, 3.63) is 72.9 Å². The Morgan fingerprint density at radius 3 is 1.10 bits per heavy atom. The Labute approximate surface area is 376 Å². The zero-order chi connectivity index (χ0) is 44.4. The van der Waals surface area contributed by atoms with E-state index in [1.807, 2.05) is 36.5 Å². The maximum atomic E-state index is 12.7. The van der Waals surface area contributed by atoms with Crippen molar-refractivity contribution in [1.82, 2.24) is 0 Å². The summed E-state index contributed by atoms with van der Waals surface area (Å²) in [6.07, 6.45) is 61.7. The van der Waals surface area contributed by atoms with Crippen LogP contribution in [0, 0.1) is 0 Å². The first-order chi connectivity index (χ1) is 30.0. The Bertz CT molecular complexity index is 1160. The second-order valence-corrected chi connectivity index (χ2v) is 16.8. The summed E-state index contributed by atoms with van der Waals surface area (Å²) in [5.41, 5.74) is 0. The second kappa shape index (κ2) is 49.5. The van der Waals surface area contributed by atoms with Gasteiger partial charge in [-0.05, 0) is 89.9 Å². The molecule has 6 heteroatoms. The van der Waals surface area contributed by atoms with E-state index in [-0.39, 0.29) is 37.5 Å². The fourth-order valence-electron chi connectivity index (χ4n) is 6.91. The molecule has 350 valence electrons. The fraction of sp³-hybridized carbons (Fsp3) is 0.727. The summed E-state index contributed by atoms with van der Waals surface area (Å²) in [7, 11) is 0. The average Bonchev–Trinajstić information content (AvgIpc) is 3.26. The maximum Gasteiger partial charge on any atom is 0.306 e. The lowest BCUT2D eigenvalue weighted by molar-refractivity contribution is -0.167. The Hall–Kier alpha value is -3.15. The Morgan fingerprint density at radius 2 is 0.656 bits per heavy atom. The van der Waals surface area contributed by atoms with Gasteiger partial charge in [-0.15, -0.1) is 0 Å². The predicted octanol–water partition coefficient (Wildman–Crippen LogP) is 16.6. The Balaban J connectivity index is 4.42. The fourth-order valence-corrected chi connectivity index (χ4v) is 6.91. The van der Waals surface area contributed by atoms with Gasteiger partial charge in [-0.25, -0.2) is 0 Å². The largest absolute Gasteiger partial charge is 0.462 e. The summed E-state index contributed by atoms with van der Waals surface area (Å²) in [4.78, 5) is 37.9. The van der Waals surface area contributed by atoms with Gasteiger partial charge < -0.3 is 14.2 Å². The van der Waals surface area contributed by atoms with Crippen molar-refractivity contribution in [1.29, 1.82) is 0 Å². The van der Waals surface area contributed by atoms with E-state index in [0.29, 0.717) is 19.3 Å². The van der Waals surface area contributed by atoms with Crippen molar-refractivity contribution in [2.75, 3.05) is 13.2 Å². The van der Waals surface area contributed by atoms with Gasteiger partial charge in [-0.2, -0.15) is 0 Å². The topological polar surface area (TPSA) is 78.9 Å². The molecule has 6 nitrogen and oxygen atoms in total. The van der Waals surface area contributed by atoms with Gasteiger partial charge in [0, 0.05) is 19.3 Å². The van der Waals surface area contributed by atoms with Gasteiger partial charge in [0.15, 0.2) is 6.10 Å². The molecule has 0 aromatic heterocycles. The molecule has 0 aliphatic heterocycles. The van der Waals surface area contributed by atoms with Crippen LogP contribution in [0.5, 0.6) is 0 Å². The molecule has 0 heterocycles. The third-order valence-corrected chi connectivity index (χ3v) is 10.8. The molecule has 0 aliphatic carbocycles. The third kappa shape index (κ3) is 47.7. The molecule has 0 amide bonds. The lowest BCUT2D eigenvalue weighted by atomic mass is 10.1.